The van der Waals surface area contributed by atoms with Crippen molar-refractivity contribution >= 4 is 18.4 Å². The van der Waals surface area contributed by atoms with Crippen molar-refractivity contribution < 1.29 is 18.9 Å². The SMILES string of the molecule is CCC(C)NP(O)(=S)Oc1cc(OC)cc(OC)c1. The zero-order valence-electron chi connectivity index (χ0n) is 11.5. The molecule has 0 spiro atoms. The van der Waals surface area contributed by atoms with Gasteiger partial charge < -0.3 is 18.9 Å². The summed E-state index contributed by atoms with van der Waals surface area (Å²) in [5.74, 6) is 1.57. The smallest absolute Gasteiger partial charge is 0.310 e. The second-order valence-corrected chi connectivity index (χ2v) is 7.06. The average Bonchev–Trinajstić information content (AvgIpc) is 2.36. The van der Waals surface area contributed by atoms with E-state index < -0.39 is 6.64 Å². The summed E-state index contributed by atoms with van der Waals surface area (Å²) < 4.78 is 15.7. The maximum atomic E-state index is 10.1. The van der Waals surface area contributed by atoms with Crippen molar-refractivity contribution in [1.29, 1.82) is 0 Å². The molecule has 0 amide bonds. The van der Waals surface area contributed by atoms with Crippen molar-refractivity contribution in [3.63, 3.8) is 0 Å². The van der Waals surface area contributed by atoms with Crippen molar-refractivity contribution in [2.45, 2.75) is 26.3 Å². The number of methoxy groups -OCH3 is 2. The summed E-state index contributed by atoms with van der Waals surface area (Å²) in [4.78, 5) is 10.1. The van der Waals surface area contributed by atoms with Gasteiger partial charge in [0.2, 0.25) is 0 Å². The first-order chi connectivity index (χ1) is 8.90. The third-order valence-corrected chi connectivity index (χ3v) is 4.32. The zero-order chi connectivity index (χ0) is 14.5. The molecule has 1 rings (SSSR count). The van der Waals surface area contributed by atoms with Crippen molar-refractivity contribution in [2.75, 3.05) is 14.2 Å². The second kappa shape index (κ2) is 7.10. The molecular formula is C12H20NO4PS. The molecule has 0 aliphatic rings. The van der Waals surface area contributed by atoms with E-state index >= 15 is 0 Å². The van der Waals surface area contributed by atoms with Crippen LogP contribution in [-0.4, -0.2) is 25.2 Å². The van der Waals surface area contributed by atoms with Gasteiger partial charge in [0.25, 0.3) is 0 Å². The first-order valence-electron chi connectivity index (χ1n) is 5.93. The van der Waals surface area contributed by atoms with Gasteiger partial charge in [0.1, 0.15) is 17.2 Å². The lowest BCUT2D eigenvalue weighted by molar-refractivity contribution is 0.388. The summed E-state index contributed by atoms with van der Waals surface area (Å²) in [7, 11) is 3.09. The van der Waals surface area contributed by atoms with E-state index in [4.69, 9.17) is 25.8 Å². The number of nitrogens with one attached hydrogen (secondary N) is 1. The molecule has 0 saturated heterocycles. The monoisotopic (exact) mass is 305 g/mol. The van der Waals surface area contributed by atoms with Crippen molar-refractivity contribution in [1.82, 2.24) is 5.09 Å². The van der Waals surface area contributed by atoms with Crippen LogP contribution < -0.4 is 19.1 Å². The van der Waals surface area contributed by atoms with Gasteiger partial charge in [-0.25, -0.2) is 5.09 Å². The quantitative estimate of drug-likeness (QED) is 0.755. The summed E-state index contributed by atoms with van der Waals surface area (Å²) in [5.41, 5.74) is 0. The largest absolute Gasteiger partial charge is 0.496 e. The Morgan fingerprint density at radius 1 is 1.21 bits per heavy atom. The Bertz CT molecular complexity index is 447. The molecule has 0 aliphatic heterocycles. The number of rotatable bonds is 7. The van der Waals surface area contributed by atoms with E-state index in [1.807, 2.05) is 13.8 Å². The Kier molecular flexibility index (Phi) is 6.07. The first kappa shape index (κ1) is 16.2. The summed E-state index contributed by atoms with van der Waals surface area (Å²) in [6, 6.07) is 5.11. The van der Waals surface area contributed by atoms with Gasteiger partial charge in [0, 0.05) is 24.2 Å². The maximum Gasteiger partial charge on any atom is 0.310 e. The van der Waals surface area contributed by atoms with Gasteiger partial charge in [-0.15, -0.1) is 0 Å². The highest BCUT2D eigenvalue weighted by atomic mass is 32.5. The van der Waals surface area contributed by atoms with Gasteiger partial charge in [-0.1, -0.05) is 6.92 Å². The van der Waals surface area contributed by atoms with E-state index in [-0.39, 0.29) is 6.04 Å². The summed E-state index contributed by atoms with van der Waals surface area (Å²) >= 11 is 5.08. The Hall–Kier alpha value is -0.810. The molecule has 2 unspecified atom stereocenters. The number of ether oxygens (including phenoxy) is 2. The Labute approximate surface area is 119 Å². The number of hydrogen-bond acceptors (Lipinski definition) is 4. The maximum absolute atomic E-state index is 10.1. The molecule has 19 heavy (non-hydrogen) atoms. The summed E-state index contributed by atoms with van der Waals surface area (Å²) in [5, 5.41) is 2.91. The van der Waals surface area contributed by atoms with Gasteiger partial charge >= 0.3 is 6.64 Å². The highest BCUT2D eigenvalue weighted by Gasteiger charge is 2.18. The first-order valence-corrected chi connectivity index (χ1v) is 8.60. The third kappa shape index (κ3) is 5.37. The van der Waals surface area contributed by atoms with E-state index in [1.165, 1.54) is 0 Å². The van der Waals surface area contributed by atoms with Gasteiger partial charge in [-0.3, -0.25) is 0 Å². The minimum absolute atomic E-state index is 0.0864. The van der Waals surface area contributed by atoms with E-state index in [0.29, 0.717) is 17.2 Å². The molecule has 5 nitrogen and oxygen atoms in total. The van der Waals surface area contributed by atoms with Crippen LogP contribution in [0.1, 0.15) is 20.3 Å². The Balaban J connectivity index is 2.88. The molecule has 7 heteroatoms. The van der Waals surface area contributed by atoms with Crippen LogP contribution in [-0.2, 0) is 11.8 Å². The molecule has 2 N–H and O–H groups in total. The van der Waals surface area contributed by atoms with Crippen molar-refractivity contribution in [2.24, 2.45) is 0 Å². The predicted molar refractivity (Wildman–Crippen MR) is 79.6 cm³/mol. The average molecular weight is 305 g/mol. The van der Waals surface area contributed by atoms with Crippen LogP contribution in [0.5, 0.6) is 17.2 Å². The molecule has 0 bridgehead atoms. The van der Waals surface area contributed by atoms with E-state index in [2.05, 4.69) is 5.09 Å². The molecule has 0 fully saturated rings. The summed E-state index contributed by atoms with van der Waals surface area (Å²) in [6.45, 7) is 0.863. The van der Waals surface area contributed by atoms with E-state index in [9.17, 15) is 4.89 Å². The van der Waals surface area contributed by atoms with E-state index in [0.717, 1.165) is 6.42 Å². The van der Waals surface area contributed by atoms with Crippen molar-refractivity contribution in [3.8, 4) is 17.2 Å². The lowest BCUT2D eigenvalue weighted by Gasteiger charge is -2.22. The number of hydrogen-bond donors (Lipinski definition) is 2. The molecule has 0 saturated carbocycles. The van der Waals surface area contributed by atoms with E-state index in [1.54, 1.807) is 32.4 Å². The zero-order valence-corrected chi connectivity index (χ0v) is 13.3. The third-order valence-electron chi connectivity index (χ3n) is 2.55. The molecular weight excluding hydrogens is 285 g/mol. The minimum atomic E-state index is -3.08. The summed E-state index contributed by atoms with van der Waals surface area (Å²) in [6.07, 6.45) is 0.851. The fourth-order valence-electron chi connectivity index (χ4n) is 1.37. The van der Waals surface area contributed by atoms with Crippen LogP contribution in [0.15, 0.2) is 18.2 Å². The van der Waals surface area contributed by atoms with Crippen LogP contribution in [0.25, 0.3) is 0 Å². The van der Waals surface area contributed by atoms with Crippen LogP contribution >= 0.6 is 6.64 Å². The predicted octanol–water partition coefficient (Wildman–Crippen LogP) is 2.69. The van der Waals surface area contributed by atoms with Gasteiger partial charge in [0.05, 0.1) is 14.2 Å². The molecule has 1 aromatic rings. The normalized spacial score (nSPS) is 15.4. The molecule has 108 valence electrons. The van der Waals surface area contributed by atoms with Gasteiger partial charge in [0.15, 0.2) is 0 Å². The molecule has 0 aromatic heterocycles. The van der Waals surface area contributed by atoms with Gasteiger partial charge in [-0.2, -0.15) is 0 Å². The van der Waals surface area contributed by atoms with Crippen molar-refractivity contribution in [3.05, 3.63) is 18.2 Å². The van der Waals surface area contributed by atoms with Crippen LogP contribution in [0.4, 0.5) is 0 Å². The topological polar surface area (TPSA) is 60.0 Å². The Morgan fingerprint density at radius 2 is 1.68 bits per heavy atom. The van der Waals surface area contributed by atoms with Gasteiger partial charge in [-0.05, 0) is 25.2 Å². The lowest BCUT2D eigenvalue weighted by atomic mass is 10.3. The fourth-order valence-corrected chi connectivity index (χ4v) is 3.35. The molecule has 0 radical (unpaired) electrons. The second-order valence-electron chi connectivity index (χ2n) is 4.10. The van der Waals surface area contributed by atoms with Crippen LogP contribution in [0, 0.1) is 0 Å². The minimum Gasteiger partial charge on any atom is -0.496 e. The Morgan fingerprint density at radius 3 is 2.11 bits per heavy atom. The molecule has 1 aromatic carbocycles. The number of benzene rings is 1. The lowest BCUT2D eigenvalue weighted by Crippen LogP contribution is -2.24. The van der Waals surface area contributed by atoms with Crippen LogP contribution in [0.3, 0.4) is 0 Å². The standard InChI is InChI=1S/C12H20NO4PS/c1-5-9(2)13-18(14,19)17-12-7-10(15-3)6-11(8-12)16-4/h6-9H,5H2,1-4H3,(H2,13,14,19). The van der Waals surface area contributed by atoms with Crippen LogP contribution in [0.2, 0.25) is 0 Å². The molecule has 0 heterocycles. The molecule has 0 aliphatic carbocycles. The molecule has 2 atom stereocenters. The highest BCUT2D eigenvalue weighted by Crippen LogP contribution is 2.41. The highest BCUT2D eigenvalue weighted by molar-refractivity contribution is 8.08. The fraction of sp³-hybridized carbons (Fsp3) is 0.500.